The molecule has 1 unspecified atom stereocenters. The number of hydrogen-bond acceptors (Lipinski definition) is 4. The highest BCUT2D eigenvalue weighted by atomic mass is 16.3. The van der Waals surface area contributed by atoms with Gasteiger partial charge in [-0.1, -0.05) is 0 Å². The minimum absolute atomic E-state index is 0.116. The van der Waals surface area contributed by atoms with Crippen LogP contribution in [-0.2, 0) is 11.8 Å². The van der Waals surface area contributed by atoms with Gasteiger partial charge in [-0.25, -0.2) is 0 Å². The van der Waals surface area contributed by atoms with E-state index in [-0.39, 0.29) is 12.5 Å². The van der Waals surface area contributed by atoms with Gasteiger partial charge in [-0.05, 0) is 13.8 Å². The predicted octanol–water partition coefficient (Wildman–Crippen LogP) is -0.351. The Labute approximate surface area is 101 Å². The number of aliphatic hydroxyl groups is 1. The lowest BCUT2D eigenvalue weighted by Gasteiger charge is -2.35. The van der Waals surface area contributed by atoms with Gasteiger partial charge in [-0.3, -0.25) is 9.48 Å². The van der Waals surface area contributed by atoms with Gasteiger partial charge in [-0.2, -0.15) is 5.10 Å². The topological polar surface area (TPSA) is 84.4 Å². The Morgan fingerprint density at radius 3 is 2.71 bits per heavy atom. The van der Waals surface area contributed by atoms with Crippen molar-refractivity contribution in [3.05, 3.63) is 18.0 Å². The maximum absolute atomic E-state index is 12.1. The molecule has 96 valence electrons. The molecule has 1 amide bonds. The van der Waals surface area contributed by atoms with E-state index in [4.69, 9.17) is 5.73 Å². The summed E-state index contributed by atoms with van der Waals surface area (Å²) < 4.78 is 1.60. The van der Waals surface area contributed by atoms with Crippen molar-refractivity contribution in [2.24, 2.45) is 12.8 Å². The van der Waals surface area contributed by atoms with Gasteiger partial charge in [0.05, 0.1) is 18.3 Å². The van der Waals surface area contributed by atoms with Gasteiger partial charge in [0.25, 0.3) is 0 Å². The van der Waals surface area contributed by atoms with E-state index in [0.29, 0.717) is 5.56 Å². The molecule has 0 saturated heterocycles. The van der Waals surface area contributed by atoms with Gasteiger partial charge in [0, 0.05) is 25.9 Å². The zero-order valence-electron chi connectivity index (χ0n) is 10.7. The number of nitrogens with zero attached hydrogens (tertiary/aromatic N) is 3. The summed E-state index contributed by atoms with van der Waals surface area (Å²) in [4.78, 5) is 13.6. The average molecular weight is 240 g/mol. The van der Waals surface area contributed by atoms with Crippen molar-refractivity contribution in [1.29, 1.82) is 0 Å². The molecule has 0 radical (unpaired) electrons. The smallest absolute Gasteiger partial charge is 0.244 e. The fourth-order valence-electron chi connectivity index (χ4n) is 1.36. The second-order valence-electron chi connectivity index (χ2n) is 4.79. The van der Waals surface area contributed by atoms with E-state index in [9.17, 15) is 9.90 Å². The van der Waals surface area contributed by atoms with Crippen molar-refractivity contribution in [3.8, 4) is 0 Å². The summed E-state index contributed by atoms with van der Waals surface area (Å²) in [6.45, 7) is 3.44. The van der Waals surface area contributed by atoms with Crippen LogP contribution in [-0.4, -0.2) is 44.9 Å². The minimum atomic E-state index is -0.750. The van der Waals surface area contributed by atoms with E-state index in [1.165, 1.54) is 4.90 Å². The number of aromatic nitrogens is 2. The van der Waals surface area contributed by atoms with Gasteiger partial charge >= 0.3 is 0 Å². The van der Waals surface area contributed by atoms with Crippen molar-refractivity contribution in [2.75, 3.05) is 13.7 Å². The molecule has 3 N–H and O–H groups in total. The third-order valence-electron chi connectivity index (χ3n) is 2.98. The summed E-state index contributed by atoms with van der Waals surface area (Å²) in [5, 5.41) is 13.2. The summed E-state index contributed by atoms with van der Waals surface area (Å²) in [5.41, 5.74) is 5.91. The van der Waals surface area contributed by atoms with Gasteiger partial charge in [-0.15, -0.1) is 0 Å². The first-order valence-electron chi connectivity index (χ1n) is 5.42. The molecule has 1 aromatic rings. The Bertz CT molecular complexity index is 400. The van der Waals surface area contributed by atoms with Gasteiger partial charge in [0.2, 0.25) is 5.91 Å². The lowest BCUT2D eigenvalue weighted by molar-refractivity contribution is -0.137. The molecule has 0 aliphatic heterocycles. The van der Waals surface area contributed by atoms with Crippen LogP contribution < -0.4 is 5.73 Å². The third-order valence-corrected chi connectivity index (χ3v) is 2.98. The number of amides is 1. The molecule has 0 bridgehead atoms. The molecule has 17 heavy (non-hydrogen) atoms. The molecule has 0 saturated carbocycles. The van der Waals surface area contributed by atoms with E-state index in [0.717, 1.165) is 0 Å². The molecular weight excluding hydrogens is 220 g/mol. The fraction of sp³-hybridized carbons (Fsp3) is 0.636. The number of aryl methyl sites for hydroxylation is 1. The van der Waals surface area contributed by atoms with Gasteiger partial charge in [0.1, 0.15) is 6.04 Å². The van der Waals surface area contributed by atoms with Crippen molar-refractivity contribution < 1.29 is 9.90 Å². The second-order valence-corrected chi connectivity index (χ2v) is 4.79. The Kier molecular flexibility index (Phi) is 3.90. The zero-order chi connectivity index (χ0) is 13.2. The first-order chi connectivity index (χ1) is 7.79. The van der Waals surface area contributed by atoms with Gasteiger partial charge in [0.15, 0.2) is 0 Å². The molecule has 6 heteroatoms. The van der Waals surface area contributed by atoms with Crippen LogP contribution in [0.1, 0.15) is 25.5 Å². The van der Waals surface area contributed by atoms with Crippen LogP contribution in [0.5, 0.6) is 0 Å². The maximum Gasteiger partial charge on any atom is 0.244 e. The minimum Gasteiger partial charge on any atom is -0.394 e. The van der Waals surface area contributed by atoms with Crippen LogP contribution in [0.2, 0.25) is 0 Å². The van der Waals surface area contributed by atoms with Crippen LogP contribution in [0.4, 0.5) is 0 Å². The molecule has 0 aromatic carbocycles. The third kappa shape index (κ3) is 2.83. The molecular formula is C11H20N4O2. The molecule has 0 fully saturated rings. The van der Waals surface area contributed by atoms with E-state index >= 15 is 0 Å². The van der Waals surface area contributed by atoms with Crippen molar-refractivity contribution in [1.82, 2.24) is 14.7 Å². The summed E-state index contributed by atoms with van der Waals surface area (Å²) in [6.07, 6.45) is 3.28. The number of hydrogen-bond donors (Lipinski definition) is 2. The lowest BCUT2D eigenvalue weighted by atomic mass is 10.0. The number of aliphatic hydroxyl groups excluding tert-OH is 1. The van der Waals surface area contributed by atoms with Crippen LogP contribution >= 0.6 is 0 Å². The number of nitrogens with two attached hydrogens (primary N) is 1. The first-order valence-corrected chi connectivity index (χ1v) is 5.42. The van der Waals surface area contributed by atoms with Crippen LogP contribution in [0.15, 0.2) is 12.4 Å². The SMILES string of the molecule is CN(C(=O)C(N)c1cnn(C)c1)C(C)(C)CO. The molecule has 0 aliphatic carbocycles. The van der Waals surface area contributed by atoms with E-state index in [1.807, 2.05) is 0 Å². The summed E-state index contributed by atoms with van der Waals surface area (Å²) in [7, 11) is 3.40. The van der Waals surface area contributed by atoms with Crippen LogP contribution in [0.3, 0.4) is 0 Å². The van der Waals surface area contributed by atoms with Crippen LogP contribution in [0, 0.1) is 0 Å². The standard InChI is InChI=1S/C11H20N4O2/c1-11(2,7-16)15(4)10(17)9(12)8-5-13-14(3)6-8/h5-6,9,16H,7,12H2,1-4H3. The molecule has 0 spiro atoms. The van der Waals surface area contributed by atoms with Gasteiger partial charge < -0.3 is 15.7 Å². The Morgan fingerprint density at radius 2 is 2.29 bits per heavy atom. The van der Waals surface area contributed by atoms with E-state index in [2.05, 4.69) is 5.10 Å². The lowest BCUT2D eigenvalue weighted by Crippen LogP contribution is -2.50. The maximum atomic E-state index is 12.1. The molecule has 6 nitrogen and oxygen atoms in total. The zero-order valence-corrected chi connectivity index (χ0v) is 10.7. The number of rotatable bonds is 4. The molecule has 1 aromatic heterocycles. The highest BCUT2D eigenvalue weighted by Crippen LogP contribution is 2.18. The van der Waals surface area contributed by atoms with E-state index < -0.39 is 11.6 Å². The predicted molar refractivity (Wildman–Crippen MR) is 64.1 cm³/mol. The molecule has 1 rings (SSSR count). The number of carbonyl (C=O) groups excluding carboxylic acids is 1. The monoisotopic (exact) mass is 240 g/mol. The molecule has 0 aliphatic rings. The Balaban J connectivity index is 2.83. The highest BCUT2D eigenvalue weighted by molar-refractivity contribution is 5.83. The number of likely N-dealkylation sites (N-methyl/N-ethyl adjacent to an activating group) is 1. The molecule has 1 atom stereocenters. The summed E-state index contributed by atoms with van der Waals surface area (Å²) in [5.74, 6) is -0.239. The van der Waals surface area contributed by atoms with Crippen molar-refractivity contribution in [2.45, 2.75) is 25.4 Å². The number of carbonyl (C=O) groups is 1. The summed E-state index contributed by atoms with van der Waals surface area (Å²) in [6, 6.07) is -0.750. The van der Waals surface area contributed by atoms with Crippen LogP contribution in [0.25, 0.3) is 0 Å². The highest BCUT2D eigenvalue weighted by Gasteiger charge is 2.31. The Morgan fingerprint density at radius 1 is 1.71 bits per heavy atom. The van der Waals surface area contributed by atoms with E-state index in [1.54, 1.807) is 45.0 Å². The quantitative estimate of drug-likeness (QED) is 0.753. The Hall–Kier alpha value is -1.40. The normalized spacial score (nSPS) is 13.5. The fourth-order valence-corrected chi connectivity index (χ4v) is 1.36. The molecule has 1 heterocycles. The largest absolute Gasteiger partial charge is 0.394 e. The first kappa shape index (κ1) is 13.7. The summed E-state index contributed by atoms with van der Waals surface area (Å²) >= 11 is 0. The average Bonchev–Trinajstić information content (AvgIpc) is 2.72. The van der Waals surface area contributed by atoms with Crippen molar-refractivity contribution >= 4 is 5.91 Å². The van der Waals surface area contributed by atoms with Crippen molar-refractivity contribution in [3.63, 3.8) is 0 Å². The second kappa shape index (κ2) is 4.85.